The van der Waals surface area contributed by atoms with Gasteiger partial charge in [0.2, 0.25) is 5.91 Å². The second-order valence-electron chi connectivity index (χ2n) is 4.79. The lowest BCUT2D eigenvalue weighted by molar-refractivity contribution is -0.146. The molecular formula is C14H17N3O3S. The Balaban J connectivity index is 1.84. The maximum Gasteiger partial charge on any atom is 0.323 e. The van der Waals surface area contributed by atoms with Crippen LogP contribution in [-0.4, -0.2) is 43.0 Å². The third-order valence-electron chi connectivity index (χ3n) is 3.50. The van der Waals surface area contributed by atoms with Crippen LogP contribution in [0.3, 0.4) is 0 Å². The highest BCUT2D eigenvalue weighted by molar-refractivity contribution is 7.14. The van der Waals surface area contributed by atoms with Crippen molar-refractivity contribution in [3.8, 4) is 6.07 Å². The summed E-state index contributed by atoms with van der Waals surface area (Å²) in [5.41, 5.74) is 0.474. The van der Waals surface area contributed by atoms with E-state index in [-0.39, 0.29) is 24.3 Å². The number of ether oxygens (including phenoxy) is 1. The van der Waals surface area contributed by atoms with Crippen molar-refractivity contribution >= 4 is 28.2 Å². The second kappa shape index (κ2) is 7.20. The number of methoxy groups -OCH3 is 1. The topological polar surface area (TPSA) is 82.4 Å². The molecule has 7 heteroatoms. The van der Waals surface area contributed by atoms with Crippen molar-refractivity contribution < 1.29 is 14.3 Å². The van der Waals surface area contributed by atoms with Gasteiger partial charge in [0, 0.05) is 13.0 Å². The molecule has 1 aliphatic heterocycles. The number of likely N-dealkylation sites (tertiary alicyclic amines) is 1. The van der Waals surface area contributed by atoms with Crippen LogP contribution in [0.1, 0.15) is 24.8 Å². The molecule has 2 heterocycles. The Morgan fingerprint density at radius 2 is 2.43 bits per heavy atom. The highest BCUT2D eigenvalue weighted by atomic mass is 32.1. The first-order chi connectivity index (χ1) is 10.2. The predicted molar refractivity (Wildman–Crippen MR) is 78.9 cm³/mol. The fourth-order valence-corrected chi connectivity index (χ4v) is 3.18. The molecule has 1 aromatic rings. The number of rotatable bonds is 5. The zero-order chi connectivity index (χ0) is 15.2. The molecular weight excluding hydrogens is 290 g/mol. The molecule has 1 aliphatic rings. The lowest BCUT2D eigenvalue weighted by atomic mass is 10.2. The van der Waals surface area contributed by atoms with Crippen LogP contribution in [0.15, 0.2) is 11.4 Å². The number of hydrogen-bond acceptors (Lipinski definition) is 6. The molecule has 0 bridgehead atoms. The largest absolute Gasteiger partial charge is 0.468 e. The number of anilines is 1. The van der Waals surface area contributed by atoms with Crippen LogP contribution in [0.4, 0.5) is 5.00 Å². The summed E-state index contributed by atoms with van der Waals surface area (Å²) in [7, 11) is 1.38. The number of nitrogens with zero attached hydrogens (tertiary/aromatic N) is 2. The van der Waals surface area contributed by atoms with E-state index in [2.05, 4.69) is 5.32 Å². The van der Waals surface area contributed by atoms with Crippen molar-refractivity contribution in [1.29, 1.82) is 5.26 Å². The monoisotopic (exact) mass is 307 g/mol. The lowest BCUT2D eigenvalue weighted by Gasteiger charge is -2.21. The minimum atomic E-state index is -0.238. The van der Waals surface area contributed by atoms with Gasteiger partial charge in [-0.3, -0.25) is 14.5 Å². The van der Waals surface area contributed by atoms with Crippen molar-refractivity contribution in [2.45, 2.75) is 25.3 Å². The molecule has 2 rings (SSSR count). The van der Waals surface area contributed by atoms with Crippen LogP contribution in [0, 0.1) is 11.3 Å². The Kier molecular flexibility index (Phi) is 5.31. The molecule has 0 aliphatic carbocycles. The van der Waals surface area contributed by atoms with Crippen molar-refractivity contribution in [3.63, 3.8) is 0 Å². The number of hydrogen-bond donors (Lipinski definition) is 1. The summed E-state index contributed by atoms with van der Waals surface area (Å²) >= 11 is 1.33. The van der Waals surface area contributed by atoms with E-state index in [0.29, 0.717) is 17.1 Å². The summed E-state index contributed by atoms with van der Waals surface area (Å²) in [6.45, 7) is 1.31. The highest BCUT2D eigenvalue weighted by Gasteiger charge is 2.31. The van der Waals surface area contributed by atoms with Gasteiger partial charge < -0.3 is 10.1 Å². The fraction of sp³-hybridized carbons (Fsp3) is 0.500. The Morgan fingerprint density at radius 3 is 3.14 bits per heavy atom. The highest BCUT2D eigenvalue weighted by Crippen LogP contribution is 2.23. The summed E-state index contributed by atoms with van der Waals surface area (Å²) in [4.78, 5) is 25.5. The quantitative estimate of drug-likeness (QED) is 0.835. The van der Waals surface area contributed by atoms with Gasteiger partial charge in [0.1, 0.15) is 17.1 Å². The van der Waals surface area contributed by atoms with Gasteiger partial charge in [-0.15, -0.1) is 11.3 Å². The average molecular weight is 307 g/mol. The molecule has 0 saturated carbocycles. The fourth-order valence-electron chi connectivity index (χ4n) is 2.43. The van der Waals surface area contributed by atoms with E-state index in [1.54, 1.807) is 11.4 Å². The maximum absolute atomic E-state index is 11.9. The summed E-state index contributed by atoms with van der Waals surface area (Å²) in [6, 6.07) is 3.47. The molecule has 1 saturated heterocycles. The number of carbonyl (C=O) groups is 2. The number of esters is 1. The van der Waals surface area contributed by atoms with Gasteiger partial charge in [-0.1, -0.05) is 0 Å². The number of carbonyl (C=O) groups excluding carboxylic acids is 2. The Morgan fingerprint density at radius 1 is 1.62 bits per heavy atom. The van der Waals surface area contributed by atoms with Crippen molar-refractivity contribution in [2.24, 2.45) is 0 Å². The first kappa shape index (κ1) is 15.5. The molecule has 1 atom stereocenters. The minimum absolute atomic E-state index is 0.149. The van der Waals surface area contributed by atoms with E-state index in [1.165, 1.54) is 18.4 Å². The van der Waals surface area contributed by atoms with Crippen LogP contribution in [0.5, 0.6) is 0 Å². The second-order valence-corrected chi connectivity index (χ2v) is 5.71. The summed E-state index contributed by atoms with van der Waals surface area (Å²) in [5.74, 6) is -0.387. The third kappa shape index (κ3) is 3.80. The van der Waals surface area contributed by atoms with Crippen molar-refractivity contribution in [3.05, 3.63) is 17.0 Å². The van der Waals surface area contributed by atoms with E-state index in [9.17, 15) is 9.59 Å². The van der Waals surface area contributed by atoms with Gasteiger partial charge in [-0.25, -0.2) is 0 Å². The van der Waals surface area contributed by atoms with Gasteiger partial charge in [0.15, 0.2) is 0 Å². The normalized spacial score (nSPS) is 18.2. The predicted octanol–water partition coefficient (Wildman–Crippen LogP) is 1.59. The maximum atomic E-state index is 11.9. The van der Waals surface area contributed by atoms with Gasteiger partial charge in [0.05, 0.1) is 12.7 Å². The molecule has 21 heavy (non-hydrogen) atoms. The molecule has 1 unspecified atom stereocenters. The van der Waals surface area contributed by atoms with Crippen LogP contribution in [0.25, 0.3) is 0 Å². The summed E-state index contributed by atoms with van der Waals surface area (Å²) in [5, 5.41) is 14.0. The first-order valence-electron chi connectivity index (χ1n) is 6.75. The molecule has 112 valence electrons. The average Bonchev–Trinajstić information content (AvgIpc) is 3.12. The van der Waals surface area contributed by atoms with Gasteiger partial charge in [-0.2, -0.15) is 5.26 Å². The number of nitrogens with one attached hydrogen (secondary N) is 1. The Bertz CT molecular complexity index is 564. The smallest absolute Gasteiger partial charge is 0.323 e. The summed E-state index contributed by atoms with van der Waals surface area (Å²) < 4.78 is 4.77. The number of amides is 1. The van der Waals surface area contributed by atoms with Gasteiger partial charge in [0.25, 0.3) is 0 Å². The van der Waals surface area contributed by atoms with Crippen LogP contribution in [0.2, 0.25) is 0 Å². The van der Waals surface area contributed by atoms with E-state index in [4.69, 9.17) is 10.00 Å². The van der Waals surface area contributed by atoms with Gasteiger partial charge in [-0.05, 0) is 30.8 Å². The van der Waals surface area contributed by atoms with E-state index >= 15 is 0 Å². The molecule has 0 spiro atoms. The summed E-state index contributed by atoms with van der Waals surface area (Å²) in [6.07, 6.45) is 2.00. The molecule has 1 fully saturated rings. The number of nitriles is 1. The van der Waals surface area contributed by atoms with Crippen LogP contribution < -0.4 is 5.32 Å². The molecule has 1 N–H and O–H groups in total. The standard InChI is InChI=1S/C14H17N3O3S/c1-20-14(19)11-3-2-6-17(11)7-4-12(18)16-13-10(9-15)5-8-21-13/h5,8,11H,2-4,6-7H2,1H3,(H,16,18). The zero-order valence-electron chi connectivity index (χ0n) is 11.8. The van der Waals surface area contributed by atoms with Gasteiger partial charge >= 0.3 is 5.97 Å². The zero-order valence-corrected chi connectivity index (χ0v) is 12.6. The Hall–Kier alpha value is -1.91. The Labute approximate surface area is 127 Å². The SMILES string of the molecule is COC(=O)C1CCCN1CCC(=O)Nc1sccc1C#N. The van der Waals surface area contributed by atoms with Crippen molar-refractivity contribution in [1.82, 2.24) is 4.90 Å². The van der Waals surface area contributed by atoms with E-state index < -0.39 is 0 Å². The van der Waals surface area contributed by atoms with Crippen LogP contribution in [-0.2, 0) is 14.3 Å². The number of thiophene rings is 1. The van der Waals surface area contributed by atoms with E-state index in [0.717, 1.165) is 19.4 Å². The molecule has 1 amide bonds. The van der Waals surface area contributed by atoms with Crippen molar-refractivity contribution in [2.75, 3.05) is 25.5 Å². The minimum Gasteiger partial charge on any atom is -0.468 e. The van der Waals surface area contributed by atoms with Crippen LogP contribution >= 0.6 is 11.3 Å². The third-order valence-corrected chi connectivity index (χ3v) is 4.33. The first-order valence-corrected chi connectivity index (χ1v) is 7.63. The molecule has 0 aromatic carbocycles. The molecule has 6 nitrogen and oxygen atoms in total. The lowest BCUT2D eigenvalue weighted by Crippen LogP contribution is -2.38. The molecule has 0 radical (unpaired) electrons. The molecule has 1 aromatic heterocycles. The van der Waals surface area contributed by atoms with E-state index in [1.807, 2.05) is 11.0 Å².